The lowest BCUT2D eigenvalue weighted by Gasteiger charge is -2.24. The van der Waals surface area contributed by atoms with Crippen molar-refractivity contribution < 1.29 is 42.1 Å². The van der Waals surface area contributed by atoms with Crippen LogP contribution in [0.5, 0.6) is 0 Å². The van der Waals surface area contributed by atoms with Gasteiger partial charge in [-0.25, -0.2) is 4.57 Å². The van der Waals surface area contributed by atoms with E-state index in [1.54, 1.807) is 0 Å². The van der Waals surface area contributed by atoms with Crippen LogP contribution in [0.2, 0.25) is 0 Å². The number of rotatable bonds is 79. The highest BCUT2D eigenvalue weighted by molar-refractivity contribution is 7.47. The van der Waals surface area contributed by atoms with Gasteiger partial charge in [-0.3, -0.25) is 18.6 Å². The highest BCUT2D eigenvalue weighted by atomic mass is 31.2. The minimum atomic E-state index is -4.39. The maximum absolute atomic E-state index is 12.9. The van der Waals surface area contributed by atoms with Crippen molar-refractivity contribution in [3.05, 3.63) is 60.8 Å². The van der Waals surface area contributed by atoms with Crippen LogP contribution in [-0.2, 0) is 32.7 Å². The van der Waals surface area contributed by atoms with Gasteiger partial charge < -0.3 is 18.9 Å². The fraction of sp³-hybridized carbons (Fsp3) is 0.860. The first-order valence-electron chi connectivity index (χ1n) is 42.0. The average molecular weight is 1370 g/mol. The molecule has 0 aromatic heterocycles. The predicted octanol–water partition coefficient (Wildman–Crippen LogP) is 28.1. The van der Waals surface area contributed by atoms with Gasteiger partial charge in [0.25, 0.3) is 0 Å². The number of carbonyl (C=O) groups excluding carboxylic acids is 2. The number of allylic oxidation sites excluding steroid dienone is 10. The average Bonchev–Trinajstić information content (AvgIpc) is 2.54. The minimum absolute atomic E-state index is 0.0348. The second kappa shape index (κ2) is 76.9. The van der Waals surface area contributed by atoms with Crippen LogP contribution in [0.3, 0.4) is 0 Å². The zero-order chi connectivity index (χ0) is 69.7. The largest absolute Gasteiger partial charge is 0.472 e. The number of esters is 2. The molecule has 0 bridgehead atoms. The summed E-state index contributed by atoms with van der Waals surface area (Å²) < 4.78 is 34.9. The van der Waals surface area contributed by atoms with E-state index in [1.165, 1.54) is 334 Å². The Morgan fingerprint density at radius 1 is 0.333 bits per heavy atom. The number of phosphoric acid groups is 1. The van der Waals surface area contributed by atoms with Gasteiger partial charge in [-0.2, -0.15) is 0 Å². The Labute approximate surface area is 597 Å². The fourth-order valence-corrected chi connectivity index (χ4v) is 13.4. The van der Waals surface area contributed by atoms with Crippen LogP contribution in [0.4, 0.5) is 0 Å². The van der Waals surface area contributed by atoms with E-state index in [-0.39, 0.29) is 25.6 Å². The topological polar surface area (TPSA) is 108 Å². The summed E-state index contributed by atoms with van der Waals surface area (Å²) in [6.07, 6.45) is 104. The normalized spacial score (nSPS) is 13.3. The maximum Gasteiger partial charge on any atom is 0.472 e. The lowest BCUT2D eigenvalue weighted by atomic mass is 10.0. The number of unbranched alkanes of at least 4 members (excludes halogenated alkanes) is 55. The Balaban J connectivity index is 3.87. The molecule has 0 radical (unpaired) electrons. The summed E-state index contributed by atoms with van der Waals surface area (Å²) in [5, 5.41) is 0. The zero-order valence-electron chi connectivity index (χ0n) is 64.6. The number of hydrogen-bond acceptors (Lipinski definition) is 7. The molecule has 2 unspecified atom stereocenters. The molecule has 0 spiro atoms. The Morgan fingerprint density at radius 2 is 0.594 bits per heavy atom. The van der Waals surface area contributed by atoms with Crippen LogP contribution in [0, 0.1) is 0 Å². The van der Waals surface area contributed by atoms with Gasteiger partial charge in [0.1, 0.15) is 19.8 Å². The van der Waals surface area contributed by atoms with E-state index < -0.39 is 26.5 Å². The third-order valence-corrected chi connectivity index (χ3v) is 20.0. The van der Waals surface area contributed by atoms with E-state index in [9.17, 15) is 19.0 Å². The summed E-state index contributed by atoms with van der Waals surface area (Å²) in [7, 11) is 1.50. The highest BCUT2D eigenvalue weighted by Gasteiger charge is 2.27. The fourth-order valence-electron chi connectivity index (χ4n) is 12.7. The number of quaternary nitrogens is 1. The smallest absolute Gasteiger partial charge is 0.462 e. The molecule has 564 valence electrons. The predicted molar refractivity (Wildman–Crippen MR) is 418 cm³/mol. The van der Waals surface area contributed by atoms with Crippen molar-refractivity contribution in [3.8, 4) is 0 Å². The van der Waals surface area contributed by atoms with Crippen molar-refractivity contribution in [2.45, 2.75) is 431 Å². The van der Waals surface area contributed by atoms with Crippen molar-refractivity contribution in [2.24, 2.45) is 0 Å². The Kier molecular flexibility index (Phi) is 75.0. The molecule has 0 heterocycles. The van der Waals surface area contributed by atoms with Gasteiger partial charge in [0.2, 0.25) is 0 Å². The monoisotopic (exact) mass is 1370 g/mol. The molecule has 0 saturated heterocycles. The van der Waals surface area contributed by atoms with Gasteiger partial charge in [0.05, 0.1) is 27.7 Å². The first-order valence-corrected chi connectivity index (χ1v) is 43.5. The quantitative estimate of drug-likeness (QED) is 0.0211. The third kappa shape index (κ3) is 80.7. The second-order valence-electron chi connectivity index (χ2n) is 29.8. The number of ether oxygens (including phenoxy) is 2. The van der Waals surface area contributed by atoms with Gasteiger partial charge in [-0.05, 0) is 77.0 Å². The van der Waals surface area contributed by atoms with Gasteiger partial charge in [-0.1, -0.05) is 396 Å². The molecule has 0 amide bonds. The minimum Gasteiger partial charge on any atom is -0.462 e. The molecule has 10 heteroatoms. The van der Waals surface area contributed by atoms with Crippen molar-refractivity contribution in [2.75, 3.05) is 47.5 Å². The second-order valence-corrected chi connectivity index (χ2v) is 31.3. The lowest BCUT2D eigenvalue weighted by Crippen LogP contribution is -2.37. The van der Waals surface area contributed by atoms with Gasteiger partial charge in [-0.15, -0.1) is 0 Å². The SMILES string of the molecule is CC/C=C\C/C=C\C/C=C\C/C=C\CCCCCCCCCCCCCCCCCCCCCCCCCCCCCCC(=O)OC(COC(=O)CCCCCCCCCCCCCCCCCCCCC/C=C\CCCCCCCCCC)COP(=O)(O)OCC[N+](C)(C)C. The van der Waals surface area contributed by atoms with Crippen molar-refractivity contribution >= 4 is 19.8 Å². The molecule has 0 aliphatic rings. The lowest BCUT2D eigenvalue weighted by molar-refractivity contribution is -0.870. The van der Waals surface area contributed by atoms with Crippen LogP contribution in [0.25, 0.3) is 0 Å². The van der Waals surface area contributed by atoms with Crippen molar-refractivity contribution in [1.82, 2.24) is 0 Å². The van der Waals surface area contributed by atoms with Crippen molar-refractivity contribution in [1.29, 1.82) is 0 Å². The maximum atomic E-state index is 12.9. The summed E-state index contributed by atoms with van der Waals surface area (Å²) in [5.74, 6) is -0.771. The van der Waals surface area contributed by atoms with E-state index in [0.29, 0.717) is 23.9 Å². The Morgan fingerprint density at radius 3 is 0.896 bits per heavy atom. The first-order chi connectivity index (χ1) is 47.0. The molecule has 0 aromatic carbocycles. The van der Waals surface area contributed by atoms with E-state index in [4.69, 9.17) is 18.5 Å². The van der Waals surface area contributed by atoms with E-state index >= 15 is 0 Å². The van der Waals surface area contributed by atoms with E-state index in [2.05, 4.69) is 74.6 Å². The molecule has 0 saturated carbocycles. The molecule has 0 aliphatic carbocycles. The highest BCUT2D eigenvalue weighted by Crippen LogP contribution is 2.43. The standard InChI is InChI=1S/C86H162NO8P/c1-6-8-10-12-14-16-18-20-22-24-26-28-30-32-34-36-38-39-40-41-42-43-44-45-46-47-49-51-53-55-57-59-61-63-65-67-69-71-73-75-77-79-86(89)95-84(83-94-96(90,91)93-81-80-87(3,4)5)82-92-85(88)78-76-74-72-70-68-66-64-62-60-58-56-54-52-50-48-37-35-33-31-29-27-25-23-21-19-17-15-13-11-9-7-2/h8,10,14,16,20,22,25-28,84H,6-7,9,11-13,15,17-19,21,23-24,29-83H2,1-5H3/p+1/b10-8-,16-14-,22-20-,27-25-,28-26-. The summed E-state index contributed by atoms with van der Waals surface area (Å²) in [5.41, 5.74) is 0. The van der Waals surface area contributed by atoms with E-state index in [0.717, 1.165) is 57.8 Å². The van der Waals surface area contributed by atoms with Gasteiger partial charge in [0.15, 0.2) is 6.10 Å². The van der Waals surface area contributed by atoms with Crippen LogP contribution in [0.1, 0.15) is 425 Å². The van der Waals surface area contributed by atoms with Gasteiger partial charge >= 0.3 is 19.8 Å². The van der Waals surface area contributed by atoms with Crippen LogP contribution >= 0.6 is 7.82 Å². The number of phosphoric ester groups is 1. The molecule has 96 heavy (non-hydrogen) atoms. The Bertz CT molecular complexity index is 1800. The molecular formula is C86H163NO8P+. The summed E-state index contributed by atoms with van der Waals surface area (Å²) in [6.45, 7) is 4.40. The van der Waals surface area contributed by atoms with Gasteiger partial charge in [0, 0.05) is 12.8 Å². The first kappa shape index (κ1) is 93.7. The van der Waals surface area contributed by atoms with Crippen LogP contribution in [-0.4, -0.2) is 74.9 Å². The third-order valence-electron chi connectivity index (χ3n) is 19.0. The molecule has 0 rings (SSSR count). The van der Waals surface area contributed by atoms with Crippen LogP contribution in [0.15, 0.2) is 60.8 Å². The number of nitrogens with zero attached hydrogens (tertiary/aromatic N) is 1. The molecule has 1 N–H and O–H groups in total. The number of hydrogen-bond donors (Lipinski definition) is 1. The molecule has 0 aromatic rings. The van der Waals surface area contributed by atoms with Crippen LogP contribution < -0.4 is 0 Å². The summed E-state index contributed by atoms with van der Waals surface area (Å²) in [4.78, 5) is 36.0. The van der Waals surface area contributed by atoms with Crippen molar-refractivity contribution in [3.63, 3.8) is 0 Å². The molecule has 9 nitrogen and oxygen atoms in total. The molecular weight excluding hydrogens is 1210 g/mol. The van der Waals surface area contributed by atoms with E-state index in [1.807, 2.05) is 21.1 Å². The Hall–Kier alpha value is -2.29. The summed E-state index contributed by atoms with van der Waals surface area (Å²) in [6, 6.07) is 0. The molecule has 2 atom stereocenters. The zero-order valence-corrected chi connectivity index (χ0v) is 65.5. The summed E-state index contributed by atoms with van der Waals surface area (Å²) >= 11 is 0. The number of carbonyl (C=O) groups is 2. The number of likely N-dealkylation sites (N-methyl/N-ethyl adjacent to an activating group) is 1. The molecule has 0 fully saturated rings. The molecule has 0 aliphatic heterocycles.